The van der Waals surface area contributed by atoms with E-state index >= 15 is 0 Å². The summed E-state index contributed by atoms with van der Waals surface area (Å²) >= 11 is 0. The Morgan fingerprint density at radius 3 is 2.85 bits per heavy atom. The molecule has 0 spiro atoms. The van der Waals surface area contributed by atoms with Gasteiger partial charge in [0.05, 0.1) is 5.56 Å². The van der Waals surface area contributed by atoms with Gasteiger partial charge in [-0.05, 0) is 30.7 Å². The summed E-state index contributed by atoms with van der Waals surface area (Å²) in [6.45, 7) is 1.80. The molecule has 3 rings (SSSR count). The summed E-state index contributed by atoms with van der Waals surface area (Å²) in [5.74, 6) is 0.798. The lowest BCUT2D eigenvalue weighted by molar-refractivity contribution is 0.806. The first-order valence-electron chi connectivity index (χ1n) is 6.78. The van der Waals surface area contributed by atoms with Crippen molar-refractivity contribution in [3.8, 4) is 6.07 Å². The smallest absolute Gasteiger partial charge is 0.146 e. The lowest BCUT2D eigenvalue weighted by Gasteiger charge is -2.19. The van der Waals surface area contributed by atoms with Crippen LogP contribution in [0.3, 0.4) is 0 Å². The summed E-state index contributed by atoms with van der Waals surface area (Å²) in [5.41, 5.74) is 1.79. The van der Waals surface area contributed by atoms with Crippen LogP contribution in [0.5, 0.6) is 0 Å². The van der Waals surface area contributed by atoms with Crippen LogP contribution < -0.4 is 10.2 Å². The minimum Gasteiger partial charge on any atom is -0.380 e. The van der Waals surface area contributed by atoms with E-state index in [1.165, 1.54) is 0 Å². The van der Waals surface area contributed by atoms with Crippen molar-refractivity contribution in [2.24, 2.45) is 0 Å². The third-order valence-electron chi connectivity index (χ3n) is 3.54. The summed E-state index contributed by atoms with van der Waals surface area (Å²) < 4.78 is 0. The van der Waals surface area contributed by atoms with Crippen molar-refractivity contribution < 1.29 is 0 Å². The van der Waals surface area contributed by atoms with Crippen LogP contribution in [-0.4, -0.2) is 24.1 Å². The number of aromatic nitrogens is 1. The summed E-state index contributed by atoms with van der Waals surface area (Å²) in [7, 11) is 0. The first-order chi connectivity index (χ1) is 9.86. The molecule has 0 saturated carbocycles. The van der Waals surface area contributed by atoms with Gasteiger partial charge in [-0.25, -0.2) is 4.98 Å². The molecule has 1 aromatic carbocycles. The number of nitrogens with zero attached hydrogens (tertiary/aromatic N) is 3. The Labute approximate surface area is 118 Å². The normalized spacial score (nSPS) is 17.8. The molecule has 4 nitrogen and oxygen atoms in total. The van der Waals surface area contributed by atoms with Crippen LogP contribution in [0.1, 0.15) is 12.0 Å². The Hall–Kier alpha value is -2.54. The van der Waals surface area contributed by atoms with Crippen LogP contribution in [0.25, 0.3) is 0 Å². The Bertz CT molecular complexity index is 618. The van der Waals surface area contributed by atoms with Gasteiger partial charge < -0.3 is 10.2 Å². The number of rotatable bonds is 3. The standard InChI is InChI=1S/C16H16N4/c17-11-13-5-4-9-18-16(13)20-10-8-15(12-20)19-14-6-2-1-3-7-14/h1-7,9,15,19H,8,10,12H2. The van der Waals surface area contributed by atoms with E-state index in [0.717, 1.165) is 31.0 Å². The molecule has 1 atom stereocenters. The molecule has 1 aliphatic heterocycles. The Balaban J connectivity index is 1.69. The Kier molecular flexibility index (Phi) is 3.51. The topological polar surface area (TPSA) is 52.0 Å². The van der Waals surface area contributed by atoms with Crippen molar-refractivity contribution in [1.29, 1.82) is 5.26 Å². The second-order valence-electron chi connectivity index (χ2n) is 4.93. The van der Waals surface area contributed by atoms with Crippen molar-refractivity contribution in [3.63, 3.8) is 0 Å². The summed E-state index contributed by atoms with van der Waals surface area (Å²) in [6, 6.07) is 16.4. The summed E-state index contributed by atoms with van der Waals surface area (Å²) in [6.07, 6.45) is 2.80. The first kappa shape index (κ1) is 12.5. The van der Waals surface area contributed by atoms with Crippen LogP contribution in [-0.2, 0) is 0 Å². The fourth-order valence-electron chi connectivity index (χ4n) is 2.58. The second-order valence-corrected chi connectivity index (χ2v) is 4.93. The number of para-hydroxylation sites is 1. The van der Waals surface area contributed by atoms with Gasteiger partial charge in [0.25, 0.3) is 0 Å². The molecule has 2 aromatic rings. The molecule has 2 heterocycles. The van der Waals surface area contributed by atoms with E-state index < -0.39 is 0 Å². The maximum atomic E-state index is 9.15. The summed E-state index contributed by atoms with van der Waals surface area (Å²) in [5, 5.41) is 12.7. The average molecular weight is 264 g/mol. The molecule has 0 bridgehead atoms. The van der Waals surface area contributed by atoms with Crippen LogP contribution in [0.15, 0.2) is 48.7 Å². The minimum absolute atomic E-state index is 0.394. The Morgan fingerprint density at radius 1 is 1.20 bits per heavy atom. The monoisotopic (exact) mass is 264 g/mol. The van der Waals surface area contributed by atoms with E-state index in [2.05, 4.69) is 33.4 Å². The van der Waals surface area contributed by atoms with E-state index in [0.29, 0.717) is 11.6 Å². The third-order valence-corrected chi connectivity index (χ3v) is 3.54. The van der Waals surface area contributed by atoms with Gasteiger partial charge in [0, 0.05) is 31.0 Å². The number of pyridine rings is 1. The van der Waals surface area contributed by atoms with E-state index in [1.54, 1.807) is 12.3 Å². The first-order valence-corrected chi connectivity index (χ1v) is 6.78. The fourth-order valence-corrected chi connectivity index (χ4v) is 2.58. The number of nitrogens with one attached hydrogen (secondary N) is 1. The van der Waals surface area contributed by atoms with Gasteiger partial charge in [0.1, 0.15) is 11.9 Å². The highest BCUT2D eigenvalue weighted by Gasteiger charge is 2.24. The molecule has 20 heavy (non-hydrogen) atoms. The van der Waals surface area contributed by atoms with Crippen molar-refractivity contribution in [1.82, 2.24) is 4.98 Å². The minimum atomic E-state index is 0.394. The SMILES string of the molecule is N#Cc1cccnc1N1CCC(Nc2ccccc2)C1. The highest BCUT2D eigenvalue weighted by Crippen LogP contribution is 2.23. The molecule has 1 aromatic heterocycles. The van der Waals surface area contributed by atoms with Crippen molar-refractivity contribution in [3.05, 3.63) is 54.2 Å². The summed E-state index contributed by atoms with van der Waals surface area (Å²) in [4.78, 5) is 6.53. The van der Waals surface area contributed by atoms with Gasteiger partial charge in [-0.2, -0.15) is 5.26 Å². The highest BCUT2D eigenvalue weighted by atomic mass is 15.2. The zero-order valence-corrected chi connectivity index (χ0v) is 11.2. The zero-order valence-electron chi connectivity index (χ0n) is 11.2. The van der Waals surface area contributed by atoms with E-state index in [1.807, 2.05) is 24.3 Å². The van der Waals surface area contributed by atoms with Gasteiger partial charge >= 0.3 is 0 Å². The molecule has 0 amide bonds. The van der Waals surface area contributed by atoms with Gasteiger partial charge in [-0.15, -0.1) is 0 Å². The highest BCUT2D eigenvalue weighted by molar-refractivity contribution is 5.55. The molecular weight excluding hydrogens is 248 g/mol. The van der Waals surface area contributed by atoms with Crippen LogP contribution >= 0.6 is 0 Å². The number of nitriles is 1. The fraction of sp³-hybridized carbons (Fsp3) is 0.250. The molecule has 1 unspecified atom stereocenters. The molecule has 1 aliphatic rings. The van der Waals surface area contributed by atoms with Crippen molar-refractivity contribution >= 4 is 11.5 Å². The van der Waals surface area contributed by atoms with E-state index in [-0.39, 0.29) is 0 Å². The maximum Gasteiger partial charge on any atom is 0.146 e. The van der Waals surface area contributed by atoms with Crippen LogP contribution in [0.2, 0.25) is 0 Å². The average Bonchev–Trinajstić information content (AvgIpc) is 2.96. The second kappa shape index (κ2) is 5.62. The molecule has 1 saturated heterocycles. The van der Waals surface area contributed by atoms with Gasteiger partial charge in [-0.1, -0.05) is 18.2 Å². The molecule has 0 radical (unpaired) electrons. The third kappa shape index (κ3) is 2.57. The van der Waals surface area contributed by atoms with E-state index in [4.69, 9.17) is 5.26 Å². The lowest BCUT2D eigenvalue weighted by Crippen LogP contribution is -2.27. The van der Waals surface area contributed by atoms with Crippen LogP contribution in [0.4, 0.5) is 11.5 Å². The predicted octanol–water partition coefficient (Wildman–Crippen LogP) is 2.64. The Morgan fingerprint density at radius 2 is 2.05 bits per heavy atom. The van der Waals surface area contributed by atoms with Crippen LogP contribution in [0, 0.1) is 11.3 Å². The molecule has 0 aliphatic carbocycles. The largest absolute Gasteiger partial charge is 0.380 e. The van der Waals surface area contributed by atoms with Crippen molar-refractivity contribution in [2.75, 3.05) is 23.3 Å². The number of hydrogen-bond acceptors (Lipinski definition) is 4. The van der Waals surface area contributed by atoms with Crippen molar-refractivity contribution in [2.45, 2.75) is 12.5 Å². The van der Waals surface area contributed by atoms with E-state index in [9.17, 15) is 0 Å². The molecular formula is C16H16N4. The maximum absolute atomic E-state index is 9.15. The zero-order chi connectivity index (χ0) is 13.8. The molecule has 100 valence electrons. The predicted molar refractivity (Wildman–Crippen MR) is 79.6 cm³/mol. The lowest BCUT2D eigenvalue weighted by atomic mass is 10.2. The molecule has 1 fully saturated rings. The molecule has 4 heteroatoms. The number of benzene rings is 1. The number of hydrogen-bond donors (Lipinski definition) is 1. The van der Waals surface area contributed by atoms with Gasteiger partial charge in [-0.3, -0.25) is 0 Å². The van der Waals surface area contributed by atoms with Gasteiger partial charge in [0.15, 0.2) is 0 Å². The molecule has 1 N–H and O–H groups in total. The van der Waals surface area contributed by atoms with Gasteiger partial charge in [0.2, 0.25) is 0 Å². The number of anilines is 2. The quantitative estimate of drug-likeness (QED) is 0.926.